The molecule has 1 aromatic carbocycles. The Kier molecular flexibility index (Phi) is 9.88. The van der Waals surface area contributed by atoms with Gasteiger partial charge in [0.05, 0.1) is 6.42 Å². The van der Waals surface area contributed by atoms with Crippen molar-refractivity contribution in [3.05, 3.63) is 23.5 Å². The molecule has 0 saturated heterocycles. The van der Waals surface area contributed by atoms with E-state index in [0.29, 0.717) is 23.8 Å². The number of ether oxygens (including phenoxy) is 2. The van der Waals surface area contributed by atoms with Gasteiger partial charge in [-0.1, -0.05) is 21.6 Å². The van der Waals surface area contributed by atoms with Gasteiger partial charge in [0.1, 0.15) is 11.4 Å². The minimum Gasteiger partial charge on any atom is -0.481 e. The van der Waals surface area contributed by atoms with E-state index in [9.17, 15) is 27.2 Å². The first-order valence-corrected chi connectivity index (χ1v) is 10.2. The van der Waals surface area contributed by atoms with E-state index in [0.717, 1.165) is 0 Å². The molecule has 1 aromatic rings. The monoisotopic (exact) mass is 461 g/mol. The zero-order valence-electron chi connectivity index (χ0n) is 14.5. The topological polar surface area (TPSA) is 122 Å². The minimum atomic E-state index is -5.08. The molecule has 0 fully saturated rings. The molecule has 0 aromatic heterocycles. The van der Waals surface area contributed by atoms with E-state index in [1.54, 1.807) is 0 Å². The highest BCUT2D eigenvalue weighted by Crippen LogP contribution is 2.36. The zero-order valence-corrected chi connectivity index (χ0v) is 16.1. The molecule has 0 spiro atoms. The standard InChI is InChI=1S/C13H14FNO5S2.C2HF3O2/c14-8-1-2-9-12(20-7-19-9)11(8)13(18)15-4-6-22-21-5-3-10(16)17;3-2(4,5)1(6)7/h1-2H,3-7H2,(H,15,18)(H,16,17);(H,6,7). The third-order valence-electron chi connectivity index (χ3n) is 2.91. The first-order chi connectivity index (χ1) is 13.5. The van der Waals surface area contributed by atoms with Crippen LogP contribution in [0.3, 0.4) is 0 Å². The van der Waals surface area contributed by atoms with Crippen LogP contribution in [-0.2, 0) is 9.59 Å². The van der Waals surface area contributed by atoms with Gasteiger partial charge < -0.3 is 25.0 Å². The van der Waals surface area contributed by atoms with Crippen molar-refractivity contribution in [2.24, 2.45) is 0 Å². The van der Waals surface area contributed by atoms with E-state index < -0.39 is 29.8 Å². The van der Waals surface area contributed by atoms with Gasteiger partial charge in [-0.25, -0.2) is 9.18 Å². The number of carbonyl (C=O) groups excluding carboxylic acids is 1. The quantitative estimate of drug-likeness (QED) is 0.305. The molecule has 0 unspecified atom stereocenters. The fourth-order valence-electron chi connectivity index (χ4n) is 1.70. The summed E-state index contributed by atoms with van der Waals surface area (Å²) in [5.74, 6) is -3.25. The lowest BCUT2D eigenvalue weighted by molar-refractivity contribution is -0.192. The maximum atomic E-state index is 13.8. The van der Waals surface area contributed by atoms with Crippen molar-refractivity contribution in [1.82, 2.24) is 5.32 Å². The number of hydrogen-bond acceptors (Lipinski definition) is 7. The predicted molar refractivity (Wildman–Crippen MR) is 95.7 cm³/mol. The maximum Gasteiger partial charge on any atom is 0.490 e. The molecule has 162 valence electrons. The Balaban J connectivity index is 0.000000516. The van der Waals surface area contributed by atoms with Crippen LogP contribution in [0.25, 0.3) is 0 Å². The number of benzene rings is 1. The number of rotatable bonds is 8. The van der Waals surface area contributed by atoms with Crippen LogP contribution in [0, 0.1) is 5.82 Å². The number of fused-ring (bicyclic) bond motifs is 1. The van der Waals surface area contributed by atoms with E-state index in [-0.39, 0.29) is 24.5 Å². The highest BCUT2D eigenvalue weighted by atomic mass is 33.1. The lowest BCUT2D eigenvalue weighted by Crippen LogP contribution is -2.26. The molecule has 0 radical (unpaired) electrons. The average Bonchev–Trinajstić information content (AvgIpc) is 3.08. The summed E-state index contributed by atoms with van der Waals surface area (Å²) in [6.07, 6.45) is -4.98. The van der Waals surface area contributed by atoms with Crippen LogP contribution in [0.1, 0.15) is 16.8 Å². The molecular weight excluding hydrogens is 446 g/mol. The second-order valence-corrected chi connectivity index (χ2v) is 7.70. The van der Waals surface area contributed by atoms with Crippen molar-refractivity contribution in [2.45, 2.75) is 12.6 Å². The van der Waals surface area contributed by atoms with Crippen LogP contribution in [0.15, 0.2) is 12.1 Å². The summed E-state index contributed by atoms with van der Waals surface area (Å²) >= 11 is 0. The number of carboxylic acids is 2. The molecule has 29 heavy (non-hydrogen) atoms. The maximum absolute atomic E-state index is 13.8. The number of alkyl halides is 3. The molecule has 1 heterocycles. The Morgan fingerprint density at radius 1 is 1.10 bits per heavy atom. The summed E-state index contributed by atoms with van der Waals surface area (Å²) in [4.78, 5) is 31.2. The van der Waals surface area contributed by atoms with Crippen molar-refractivity contribution >= 4 is 39.4 Å². The summed E-state index contributed by atoms with van der Waals surface area (Å²) < 4.78 is 55.8. The van der Waals surface area contributed by atoms with Crippen molar-refractivity contribution in [2.75, 3.05) is 24.8 Å². The van der Waals surface area contributed by atoms with Gasteiger partial charge >= 0.3 is 18.1 Å². The molecule has 0 bridgehead atoms. The Bertz CT molecular complexity index is 746. The summed E-state index contributed by atoms with van der Waals surface area (Å²) in [6.45, 7) is 0.308. The molecule has 0 aliphatic carbocycles. The van der Waals surface area contributed by atoms with Crippen molar-refractivity contribution < 1.29 is 51.6 Å². The fourth-order valence-corrected chi connectivity index (χ4v) is 3.59. The van der Waals surface area contributed by atoms with Gasteiger partial charge in [0.25, 0.3) is 5.91 Å². The van der Waals surface area contributed by atoms with Gasteiger partial charge in [-0.05, 0) is 12.1 Å². The van der Waals surface area contributed by atoms with Crippen LogP contribution >= 0.6 is 21.6 Å². The Labute approximate surface area is 169 Å². The third-order valence-corrected chi connectivity index (χ3v) is 5.32. The number of hydrogen-bond donors (Lipinski definition) is 3. The highest BCUT2D eigenvalue weighted by Gasteiger charge is 2.38. The van der Waals surface area contributed by atoms with Gasteiger partial charge in [0.2, 0.25) is 6.79 Å². The Morgan fingerprint density at radius 3 is 2.31 bits per heavy atom. The van der Waals surface area contributed by atoms with E-state index in [1.807, 2.05) is 0 Å². The molecule has 14 heteroatoms. The lowest BCUT2D eigenvalue weighted by atomic mass is 10.1. The van der Waals surface area contributed by atoms with Gasteiger partial charge in [-0.3, -0.25) is 9.59 Å². The van der Waals surface area contributed by atoms with Crippen molar-refractivity contribution in [1.29, 1.82) is 0 Å². The second kappa shape index (κ2) is 11.6. The number of amides is 1. The van der Waals surface area contributed by atoms with Crippen LogP contribution in [0.2, 0.25) is 0 Å². The van der Waals surface area contributed by atoms with Gasteiger partial charge in [0, 0.05) is 18.1 Å². The van der Waals surface area contributed by atoms with Crippen LogP contribution < -0.4 is 14.8 Å². The SMILES string of the molecule is O=C(O)C(F)(F)F.O=C(O)CCSSCCNC(=O)c1c(F)ccc2c1OCO2. The van der Waals surface area contributed by atoms with Crippen molar-refractivity contribution in [3.63, 3.8) is 0 Å². The number of nitrogens with one attached hydrogen (secondary N) is 1. The number of carboxylic acid groups (broad SMARTS) is 2. The van der Waals surface area contributed by atoms with Crippen LogP contribution in [0.4, 0.5) is 17.6 Å². The lowest BCUT2D eigenvalue weighted by Gasteiger charge is -2.08. The number of aliphatic carboxylic acids is 2. The summed E-state index contributed by atoms with van der Waals surface area (Å²) in [5, 5.41) is 18.2. The largest absolute Gasteiger partial charge is 0.490 e. The molecule has 2 rings (SSSR count). The first-order valence-electron chi connectivity index (χ1n) is 7.66. The molecule has 1 aliphatic heterocycles. The Morgan fingerprint density at radius 2 is 1.72 bits per heavy atom. The molecule has 0 saturated carbocycles. The van der Waals surface area contributed by atoms with E-state index in [1.165, 1.54) is 33.7 Å². The Hall–Kier alpha value is -2.35. The fraction of sp³-hybridized carbons (Fsp3) is 0.400. The third kappa shape index (κ3) is 8.68. The van der Waals surface area contributed by atoms with Gasteiger partial charge in [-0.15, -0.1) is 0 Å². The van der Waals surface area contributed by atoms with E-state index >= 15 is 0 Å². The molecule has 1 amide bonds. The zero-order chi connectivity index (χ0) is 22.0. The minimum absolute atomic E-state index is 0.0326. The average molecular weight is 461 g/mol. The summed E-state index contributed by atoms with van der Waals surface area (Å²) in [6, 6.07) is 2.59. The van der Waals surface area contributed by atoms with Crippen molar-refractivity contribution in [3.8, 4) is 11.5 Å². The summed E-state index contributed by atoms with van der Waals surface area (Å²) in [7, 11) is 2.87. The molecule has 8 nitrogen and oxygen atoms in total. The molecule has 3 N–H and O–H groups in total. The smallest absolute Gasteiger partial charge is 0.481 e. The normalized spacial score (nSPS) is 12.0. The number of carbonyl (C=O) groups is 3. The second-order valence-electron chi connectivity index (χ2n) is 5.00. The van der Waals surface area contributed by atoms with Crippen LogP contribution in [0.5, 0.6) is 11.5 Å². The molecular formula is C15H15F4NO7S2. The van der Waals surface area contributed by atoms with Gasteiger partial charge in [-0.2, -0.15) is 13.2 Å². The first kappa shape index (κ1) is 24.7. The summed E-state index contributed by atoms with van der Waals surface area (Å²) in [5.41, 5.74) is -0.154. The van der Waals surface area contributed by atoms with E-state index in [4.69, 9.17) is 24.5 Å². The predicted octanol–water partition coefficient (Wildman–Crippen LogP) is 2.77. The molecule has 0 atom stereocenters. The van der Waals surface area contributed by atoms with E-state index in [2.05, 4.69) is 5.32 Å². The van der Waals surface area contributed by atoms with Gasteiger partial charge in [0.15, 0.2) is 11.5 Å². The molecule has 1 aliphatic rings. The van der Waals surface area contributed by atoms with Crippen LogP contribution in [-0.4, -0.2) is 59.1 Å². The number of halogens is 4. The highest BCUT2D eigenvalue weighted by molar-refractivity contribution is 8.76.